The van der Waals surface area contributed by atoms with Gasteiger partial charge in [-0.3, -0.25) is 0 Å². The fourth-order valence-electron chi connectivity index (χ4n) is 4.53. The molecular formula is C26H18Br2O2. The van der Waals surface area contributed by atoms with Crippen LogP contribution in [-0.2, 0) is 11.2 Å². The number of rotatable bonds is 2. The highest BCUT2D eigenvalue weighted by Crippen LogP contribution is 2.53. The van der Waals surface area contributed by atoms with E-state index < -0.39 is 11.2 Å². The first kappa shape index (κ1) is 19.7. The molecule has 4 aromatic carbocycles. The van der Waals surface area contributed by atoms with Gasteiger partial charge in [0.25, 0.3) is 0 Å². The van der Waals surface area contributed by atoms with Gasteiger partial charge in [0.05, 0.1) is 0 Å². The van der Waals surface area contributed by atoms with Gasteiger partial charge in [-0.2, -0.15) is 0 Å². The molecule has 0 aliphatic heterocycles. The predicted octanol–water partition coefficient (Wildman–Crippen LogP) is 6.09. The van der Waals surface area contributed by atoms with Gasteiger partial charge in [0, 0.05) is 20.1 Å². The van der Waals surface area contributed by atoms with Gasteiger partial charge in [-0.25, -0.2) is 0 Å². The lowest BCUT2D eigenvalue weighted by Crippen LogP contribution is -2.44. The molecule has 2 atom stereocenters. The van der Waals surface area contributed by atoms with Gasteiger partial charge in [0.15, 0.2) is 0 Å². The lowest BCUT2D eigenvalue weighted by Gasteiger charge is -2.45. The van der Waals surface area contributed by atoms with E-state index >= 15 is 0 Å². The highest BCUT2D eigenvalue weighted by molar-refractivity contribution is 9.10. The summed E-state index contributed by atoms with van der Waals surface area (Å²) in [6.07, 6.45) is 0. The molecule has 2 unspecified atom stereocenters. The van der Waals surface area contributed by atoms with Crippen LogP contribution in [0.1, 0.15) is 33.4 Å². The Balaban J connectivity index is 1.95. The molecule has 0 saturated carbocycles. The molecule has 0 amide bonds. The molecule has 148 valence electrons. The van der Waals surface area contributed by atoms with Crippen molar-refractivity contribution in [3.8, 4) is 0 Å². The molecule has 1 aliphatic carbocycles. The monoisotopic (exact) mass is 520 g/mol. The second-order valence-electron chi connectivity index (χ2n) is 7.53. The maximum absolute atomic E-state index is 12.3. The van der Waals surface area contributed by atoms with E-state index in [4.69, 9.17) is 0 Å². The molecule has 0 aromatic heterocycles. The summed E-state index contributed by atoms with van der Waals surface area (Å²) in [6.45, 7) is 0. The van der Waals surface area contributed by atoms with Gasteiger partial charge in [0.2, 0.25) is 0 Å². The Kier molecular flexibility index (Phi) is 4.71. The zero-order valence-corrected chi connectivity index (χ0v) is 19.1. The fourth-order valence-corrected chi connectivity index (χ4v) is 5.26. The molecule has 2 N–H and O–H groups in total. The van der Waals surface area contributed by atoms with Crippen molar-refractivity contribution in [3.05, 3.63) is 139 Å². The minimum Gasteiger partial charge on any atom is -0.376 e. The topological polar surface area (TPSA) is 40.5 Å². The Morgan fingerprint density at radius 1 is 0.467 bits per heavy atom. The average molecular weight is 522 g/mol. The number of hydrogen-bond donors (Lipinski definition) is 2. The zero-order chi connectivity index (χ0) is 20.9. The van der Waals surface area contributed by atoms with Crippen LogP contribution in [0.4, 0.5) is 0 Å². The summed E-state index contributed by atoms with van der Waals surface area (Å²) in [5.74, 6) is 0. The smallest absolute Gasteiger partial charge is 0.141 e. The molecule has 30 heavy (non-hydrogen) atoms. The van der Waals surface area contributed by atoms with Gasteiger partial charge < -0.3 is 10.2 Å². The molecule has 2 nitrogen and oxygen atoms in total. The number of benzene rings is 4. The van der Waals surface area contributed by atoms with Crippen molar-refractivity contribution >= 4 is 31.9 Å². The molecule has 0 saturated heterocycles. The summed E-state index contributed by atoms with van der Waals surface area (Å²) in [6, 6.07) is 30.6. The predicted molar refractivity (Wildman–Crippen MR) is 125 cm³/mol. The maximum atomic E-state index is 12.3. The molecule has 1 aliphatic rings. The Labute approximate surface area is 192 Å². The van der Waals surface area contributed by atoms with Gasteiger partial charge in [-0.1, -0.05) is 105 Å². The van der Waals surface area contributed by atoms with Crippen molar-refractivity contribution in [1.82, 2.24) is 0 Å². The molecule has 4 heteroatoms. The van der Waals surface area contributed by atoms with E-state index in [1.807, 2.05) is 97.1 Å². The molecule has 0 radical (unpaired) electrons. The highest BCUT2D eigenvalue weighted by Gasteiger charge is 2.51. The summed E-state index contributed by atoms with van der Waals surface area (Å²) in [5, 5.41) is 24.6. The van der Waals surface area contributed by atoms with Gasteiger partial charge in [-0.05, 0) is 46.5 Å². The maximum Gasteiger partial charge on any atom is 0.141 e. The van der Waals surface area contributed by atoms with E-state index in [-0.39, 0.29) is 0 Å². The first-order chi connectivity index (χ1) is 14.5. The summed E-state index contributed by atoms with van der Waals surface area (Å²) in [7, 11) is 0. The van der Waals surface area contributed by atoms with Crippen LogP contribution < -0.4 is 0 Å². The fraction of sp³-hybridized carbons (Fsp3) is 0.0769. The number of halogens is 2. The molecular weight excluding hydrogens is 504 g/mol. The summed E-state index contributed by atoms with van der Waals surface area (Å²) in [4.78, 5) is 0. The minimum absolute atomic E-state index is 0.657. The standard InChI is InChI=1S/C26H18Br2O2/c27-19-12-14-22-23(15-19)25(29,17-7-3-1-4-8-17)21-13-11-20(28)16-24(21)26(22,30)18-9-5-2-6-10-18/h1-16,29-30H. The molecule has 0 fully saturated rings. The van der Waals surface area contributed by atoms with Crippen molar-refractivity contribution in [2.75, 3.05) is 0 Å². The number of hydrogen-bond acceptors (Lipinski definition) is 2. The van der Waals surface area contributed by atoms with Gasteiger partial charge >= 0.3 is 0 Å². The van der Waals surface area contributed by atoms with E-state index in [1.54, 1.807) is 0 Å². The van der Waals surface area contributed by atoms with Crippen molar-refractivity contribution in [2.45, 2.75) is 11.2 Å². The Bertz CT molecular complexity index is 1140. The van der Waals surface area contributed by atoms with Crippen LogP contribution in [0.3, 0.4) is 0 Å². The van der Waals surface area contributed by atoms with Crippen LogP contribution in [0, 0.1) is 0 Å². The van der Waals surface area contributed by atoms with E-state index in [1.165, 1.54) is 0 Å². The quantitative estimate of drug-likeness (QED) is 0.335. The summed E-state index contributed by atoms with van der Waals surface area (Å²) < 4.78 is 1.68. The lowest BCUT2D eigenvalue weighted by atomic mass is 9.63. The van der Waals surface area contributed by atoms with Gasteiger partial charge in [-0.15, -0.1) is 0 Å². The Hall–Kier alpha value is -2.24. The Morgan fingerprint density at radius 2 is 0.833 bits per heavy atom. The molecule has 4 aromatic rings. The third-order valence-electron chi connectivity index (χ3n) is 5.91. The van der Waals surface area contributed by atoms with E-state index in [0.29, 0.717) is 22.3 Å². The minimum atomic E-state index is -1.41. The van der Waals surface area contributed by atoms with Crippen LogP contribution in [0.15, 0.2) is 106 Å². The normalized spacial score (nSPS) is 22.3. The third kappa shape index (κ3) is 2.75. The van der Waals surface area contributed by atoms with Crippen LogP contribution in [0.25, 0.3) is 0 Å². The molecule has 0 bridgehead atoms. The van der Waals surface area contributed by atoms with Crippen molar-refractivity contribution in [2.24, 2.45) is 0 Å². The van der Waals surface area contributed by atoms with E-state index in [0.717, 1.165) is 20.1 Å². The Morgan fingerprint density at radius 3 is 1.20 bits per heavy atom. The second-order valence-corrected chi connectivity index (χ2v) is 9.36. The summed E-state index contributed by atoms with van der Waals surface area (Å²) in [5.41, 5.74) is 1.33. The molecule has 0 heterocycles. The van der Waals surface area contributed by atoms with Crippen LogP contribution >= 0.6 is 31.9 Å². The lowest BCUT2D eigenvalue weighted by molar-refractivity contribution is 0.0746. The number of aliphatic hydroxyl groups is 2. The van der Waals surface area contributed by atoms with E-state index in [9.17, 15) is 10.2 Å². The molecule has 0 spiro atoms. The first-order valence-corrected chi connectivity index (χ1v) is 11.2. The van der Waals surface area contributed by atoms with Crippen molar-refractivity contribution < 1.29 is 10.2 Å². The van der Waals surface area contributed by atoms with E-state index in [2.05, 4.69) is 31.9 Å². The average Bonchev–Trinajstić information content (AvgIpc) is 2.78. The number of fused-ring (bicyclic) bond motifs is 2. The van der Waals surface area contributed by atoms with Crippen LogP contribution in [0.5, 0.6) is 0 Å². The summed E-state index contributed by atoms with van der Waals surface area (Å²) >= 11 is 7.12. The van der Waals surface area contributed by atoms with Gasteiger partial charge in [0.1, 0.15) is 11.2 Å². The van der Waals surface area contributed by atoms with Crippen molar-refractivity contribution in [1.29, 1.82) is 0 Å². The van der Waals surface area contributed by atoms with Crippen molar-refractivity contribution in [3.63, 3.8) is 0 Å². The third-order valence-corrected chi connectivity index (χ3v) is 6.89. The van der Waals surface area contributed by atoms with Crippen LogP contribution in [0.2, 0.25) is 0 Å². The second kappa shape index (κ2) is 7.17. The molecule has 5 rings (SSSR count). The largest absolute Gasteiger partial charge is 0.376 e. The first-order valence-electron chi connectivity index (χ1n) is 9.62. The highest BCUT2D eigenvalue weighted by atomic mass is 79.9. The van der Waals surface area contributed by atoms with Crippen LogP contribution in [-0.4, -0.2) is 10.2 Å². The SMILES string of the molecule is OC1(c2ccccc2)c2ccc(Br)cc2C(O)(c2ccccc2)c2ccc(Br)cc21. The zero-order valence-electron chi connectivity index (χ0n) is 15.9.